The summed E-state index contributed by atoms with van der Waals surface area (Å²) in [5.41, 5.74) is 5.36. The van der Waals surface area contributed by atoms with E-state index in [0.29, 0.717) is 32.6 Å². The summed E-state index contributed by atoms with van der Waals surface area (Å²) in [6.07, 6.45) is 2.98. The van der Waals surface area contributed by atoms with E-state index >= 15 is 0 Å². The number of hydrogen-bond donors (Lipinski definition) is 2. The van der Waals surface area contributed by atoms with E-state index in [9.17, 15) is 9.59 Å². The number of carbonyl (C=O) groups is 2. The zero-order valence-corrected chi connectivity index (χ0v) is 10.6. The summed E-state index contributed by atoms with van der Waals surface area (Å²) >= 11 is 0. The van der Waals surface area contributed by atoms with E-state index in [1.807, 2.05) is 0 Å². The molecule has 6 nitrogen and oxygen atoms in total. The number of nitrogens with zero attached hydrogens (tertiary/aromatic N) is 1. The van der Waals surface area contributed by atoms with Crippen LogP contribution in [0.4, 0.5) is 0 Å². The van der Waals surface area contributed by atoms with Gasteiger partial charge in [0.2, 0.25) is 11.8 Å². The van der Waals surface area contributed by atoms with Crippen LogP contribution in [0.25, 0.3) is 0 Å². The van der Waals surface area contributed by atoms with Gasteiger partial charge in [-0.25, -0.2) is 0 Å². The molecule has 2 rings (SSSR count). The van der Waals surface area contributed by atoms with Crippen LogP contribution in [0.15, 0.2) is 0 Å². The van der Waals surface area contributed by atoms with Gasteiger partial charge in [-0.15, -0.1) is 0 Å². The molecule has 2 aliphatic heterocycles. The Hall–Kier alpha value is -1.14. The molecule has 2 atom stereocenters. The first-order chi connectivity index (χ1) is 8.68. The highest BCUT2D eigenvalue weighted by Gasteiger charge is 2.31. The van der Waals surface area contributed by atoms with Gasteiger partial charge < -0.3 is 20.7 Å². The molecule has 0 spiro atoms. The van der Waals surface area contributed by atoms with Crippen molar-refractivity contribution in [2.75, 3.05) is 26.3 Å². The number of rotatable bonds is 3. The Kier molecular flexibility index (Phi) is 4.54. The van der Waals surface area contributed by atoms with Gasteiger partial charge in [-0.05, 0) is 19.3 Å². The third-order valence-electron chi connectivity index (χ3n) is 3.57. The van der Waals surface area contributed by atoms with E-state index in [1.165, 1.54) is 0 Å². The van der Waals surface area contributed by atoms with Crippen molar-refractivity contribution in [2.45, 2.75) is 37.8 Å². The molecule has 2 amide bonds. The van der Waals surface area contributed by atoms with Crippen LogP contribution in [0.1, 0.15) is 25.7 Å². The molecule has 18 heavy (non-hydrogen) atoms. The number of amides is 2. The summed E-state index contributed by atoms with van der Waals surface area (Å²) in [6.45, 7) is 2.66. The molecule has 6 heteroatoms. The number of carbonyl (C=O) groups excluding carboxylic acids is 2. The second-order valence-corrected chi connectivity index (χ2v) is 4.93. The van der Waals surface area contributed by atoms with Crippen LogP contribution >= 0.6 is 0 Å². The zero-order chi connectivity index (χ0) is 13.0. The first-order valence-electron chi connectivity index (χ1n) is 6.58. The van der Waals surface area contributed by atoms with Gasteiger partial charge in [0.15, 0.2) is 0 Å². The first kappa shape index (κ1) is 13.3. The number of piperidine rings is 1. The largest absolute Gasteiger partial charge is 0.378 e. The summed E-state index contributed by atoms with van der Waals surface area (Å²) in [4.78, 5) is 25.2. The lowest BCUT2D eigenvalue weighted by molar-refractivity contribution is -0.142. The molecule has 2 fully saturated rings. The number of ether oxygens (including phenoxy) is 1. The third-order valence-corrected chi connectivity index (χ3v) is 3.57. The predicted octanol–water partition coefficient (Wildman–Crippen LogP) is -0.769. The van der Waals surface area contributed by atoms with Crippen molar-refractivity contribution in [3.05, 3.63) is 0 Å². The number of nitrogens with two attached hydrogens (primary N) is 1. The topological polar surface area (TPSA) is 84.7 Å². The van der Waals surface area contributed by atoms with E-state index in [-0.39, 0.29) is 11.9 Å². The lowest BCUT2D eigenvalue weighted by Gasteiger charge is -2.35. The number of primary amides is 1. The maximum Gasteiger partial charge on any atom is 0.240 e. The zero-order valence-electron chi connectivity index (χ0n) is 10.6. The highest BCUT2D eigenvalue weighted by Crippen LogP contribution is 2.18. The maximum absolute atomic E-state index is 12.2. The summed E-state index contributed by atoms with van der Waals surface area (Å²) in [5.74, 6) is -0.391. The molecule has 0 aromatic heterocycles. The van der Waals surface area contributed by atoms with E-state index in [1.54, 1.807) is 4.90 Å². The Morgan fingerprint density at radius 1 is 1.39 bits per heavy atom. The first-order valence-corrected chi connectivity index (χ1v) is 6.58. The minimum absolute atomic E-state index is 0.00139. The van der Waals surface area contributed by atoms with E-state index < -0.39 is 11.9 Å². The molecule has 0 aliphatic carbocycles. The fourth-order valence-electron chi connectivity index (χ4n) is 2.60. The van der Waals surface area contributed by atoms with E-state index in [4.69, 9.17) is 10.5 Å². The quantitative estimate of drug-likeness (QED) is 0.693. The van der Waals surface area contributed by atoms with Gasteiger partial charge in [0.05, 0.1) is 13.2 Å². The predicted molar refractivity (Wildman–Crippen MR) is 65.8 cm³/mol. The second kappa shape index (κ2) is 6.15. The van der Waals surface area contributed by atoms with Crippen molar-refractivity contribution < 1.29 is 14.3 Å². The molecule has 2 saturated heterocycles. The van der Waals surface area contributed by atoms with Crippen LogP contribution in [0.5, 0.6) is 0 Å². The van der Waals surface area contributed by atoms with Crippen molar-refractivity contribution in [1.29, 1.82) is 0 Å². The lowest BCUT2D eigenvalue weighted by Crippen LogP contribution is -2.52. The molecule has 2 unspecified atom stereocenters. The van der Waals surface area contributed by atoms with Crippen LogP contribution in [0.3, 0.4) is 0 Å². The second-order valence-electron chi connectivity index (χ2n) is 4.93. The number of nitrogens with one attached hydrogen (secondary N) is 1. The van der Waals surface area contributed by atoms with Gasteiger partial charge in [0.25, 0.3) is 0 Å². The van der Waals surface area contributed by atoms with Gasteiger partial charge in [-0.1, -0.05) is 0 Å². The number of likely N-dealkylation sites (tertiary alicyclic amines) is 1. The molecule has 0 saturated carbocycles. The number of morpholine rings is 1. The number of hydrogen-bond acceptors (Lipinski definition) is 4. The molecule has 3 N–H and O–H groups in total. The Labute approximate surface area is 107 Å². The third kappa shape index (κ3) is 3.20. The summed E-state index contributed by atoms with van der Waals surface area (Å²) < 4.78 is 5.32. The minimum Gasteiger partial charge on any atom is -0.378 e. The molecular weight excluding hydrogens is 234 g/mol. The van der Waals surface area contributed by atoms with Crippen LogP contribution in [-0.4, -0.2) is 55.1 Å². The summed E-state index contributed by atoms with van der Waals surface area (Å²) in [7, 11) is 0. The van der Waals surface area contributed by atoms with Crippen LogP contribution < -0.4 is 11.1 Å². The molecule has 0 bridgehead atoms. The molecule has 0 radical (unpaired) electrons. The highest BCUT2D eigenvalue weighted by molar-refractivity contribution is 5.87. The molecule has 2 aliphatic rings. The molecule has 2 heterocycles. The Balaban J connectivity index is 1.91. The van der Waals surface area contributed by atoms with Gasteiger partial charge in [0, 0.05) is 25.6 Å². The Morgan fingerprint density at radius 2 is 2.22 bits per heavy atom. The van der Waals surface area contributed by atoms with Crippen molar-refractivity contribution in [1.82, 2.24) is 10.2 Å². The standard InChI is InChI=1S/C12H21N3O3/c13-12(17)10-3-1-2-5-15(10)11(16)7-9-8-18-6-4-14-9/h9-10,14H,1-8H2,(H2,13,17). The Morgan fingerprint density at radius 3 is 2.89 bits per heavy atom. The SMILES string of the molecule is NC(=O)C1CCCCN1C(=O)CC1COCCN1. The monoisotopic (exact) mass is 255 g/mol. The highest BCUT2D eigenvalue weighted by atomic mass is 16.5. The molecule has 0 aromatic rings. The van der Waals surface area contributed by atoms with Gasteiger partial charge in [-0.3, -0.25) is 9.59 Å². The van der Waals surface area contributed by atoms with Crippen LogP contribution in [0.2, 0.25) is 0 Å². The van der Waals surface area contributed by atoms with Gasteiger partial charge in [0.1, 0.15) is 6.04 Å². The summed E-state index contributed by atoms with van der Waals surface area (Å²) in [6, 6.07) is -0.363. The van der Waals surface area contributed by atoms with Crippen LogP contribution in [0, 0.1) is 0 Å². The fourth-order valence-corrected chi connectivity index (χ4v) is 2.60. The van der Waals surface area contributed by atoms with Crippen molar-refractivity contribution in [2.24, 2.45) is 5.73 Å². The summed E-state index contributed by atoms with van der Waals surface area (Å²) in [5, 5.41) is 3.24. The van der Waals surface area contributed by atoms with Crippen LogP contribution in [-0.2, 0) is 14.3 Å². The minimum atomic E-state index is -0.421. The van der Waals surface area contributed by atoms with Crippen molar-refractivity contribution in [3.8, 4) is 0 Å². The van der Waals surface area contributed by atoms with E-state index in [2.05, 4.69) is 5.32 Å². The van der Waals surface area contributed by atoms with Gasteiger partial charge >= 0.3 is 0 Å². The van der Waals surface area contributed by atoms with Crippen molar-refractivity contribution >= 4 is 11.8 Å². The molecule has 102 valence electrons. The molecule has 0 aromatic carbocycles. The Bertz CT molecular complexity index is 316. The smallest absolute Gasteiger partial charge is 0.240 e. The average molecular weight is 255 g/mol. The normalized spacial score (nSPS) is 29.0. The fraction of sp³-hybridized carbons (Fsp3) is 0.833. The maximum atomic E-state index is 12.2. The average Bonchev–Trinajstić information content (AvgIpc) is 2.40. The van der Waals surface area contributed by atoms with Crippen molar-refractivity contribution in [3.63, 3.8) is 0 Å². The molecular formula is C12H21N3O3. The lowest BCUT2D eigenvalue weighted by atomic mass is 10.0. The van der Waals surface area contributed by atoms with Gasteiger partial charge in [-0.2, -0.15) is 0 Å². The van der Waals surface area contributed by atoms with E-state index in [0.717, 1.165) is 19.4 Å².